The molecule has 8 heteroatoms. The molecule has 0 saturated carbocycles. The highest BCUT2D eigenvalue weighted by Crippen LogP contribution is 2.23. The number of ketones is 1. The van der Waals surface area contributed by atoms with Gasteiger partial charge in [-0.25, -0.2) is 0 Å². The Morgan fingerprint density at radius 2 is 2.08 bits per heavy atom. The van der Waals surface area contributed by atoms with Crippen molar-refractivity contribution in [1.82, 2.24) is 10.2 Å². The van der Waals surface area contributed by atoms with Gasteiger partial charge in [-0.15, -0.1) is 0 Å². The van der Waals surface area contributed by atoms with E-state index in [-0.39, 0.29) is 25.7 Å². The van der Waals surface area contributed by atoms with Crippen molar-refractivity contribution in [2.75, 3.05) is 19.6 Å². The predicted molar refractivity (Wildman–Crippen MR) is 96.5 cm³/mol. The van der Waals surface area contributed by atoms with Crippen LogP contribution in [0.15, 0.2) is 18.2 Å². The van der Waals surface area contributed by atoms with Crippen LogP contribution < -0.4 is 11.1 Å². The van der Waals surface area contributed by atoms with E-state index in [2.05, 4.69) is 5.32 Å². The second-order valence-corrected chi connectivity index (χ2v) is 6.97. The van der Waals surface area contributed by atoms with Gasteiger partial charge in [-0.3, -0.25) is 14.4 Å². The lowest BCUT2D eigenvalue weighted by Gasteiger charge is -2.17. The number of likely N-dealkylation sites (tertiary alicyclic amines) is 1. The molecular formula is C17H21Cl2N3O3. The fourth-order valence-corrected chi connectivity index (χ4v) is 3.06. The Morgan fingerprint density at radius 1 is 1.36 bits per heavy atom. The van der Waals surface area contributed by atoms with Crippen LogP contribution in [0.4, 0.5) is 0 Å². The molecule has 1 aliphatic heterocycles. The number of aryl methyl sites for hydroxylation is 1. The third-order valence-corrected chi connectivity index (χ3v) is 4.91. The summed E-state index contributed by atoms with van der Waals surface area (Å²) >= 11 is 11.9. The molecule has 1 saturated heterocycles. The van der Waals surface area contributed by atoms with E-state index in [0.717, 1.165) is 5.56 Å². The number of nitrogens with two attached hydrogens (primary N) is 1. The lowest BCUT2D eigenvalue weighted by Crippen LogP contribution is -2.40. The summed E-state index contributed by atoms with van der Waals surface area (Å²) in [6.07, 6.45) is 1.38. The van der Waals surface area contributed by atoms with E-state index in [0.29, 0.717) is 22.9 Å². The number of Topliss-reactive ketones (excluding diaryl/α,β-unsaturated/α-hetero) is 1. The van der Waals surface area contributed by atoms with E-state index < -0.39 is 23.5 Å². The van der Waals surface area contributed by atoms with Crippen molar-refractivity contribution in [1.29, 1.82) is 0 Å². The van der Waals surface area contributed by atoms with Crippen LogP contribution in [-0.2, 0) is 20.8 Å². The molecule has 2 atom stereocenters. The fraction of sp³-hybridized carbons (Fsp3) is 0.471. The van der Waals surface area contributed by atoms with Gasteiger partial charge in [0.1, 0.15) is 5.92 Å². The smallest absolute Gasteiger partial charge is 0.290 e. The highest BCUT2D eigenvalue weighted by Gasteiger charge is 2.42. The molecule has 0 aliphatic carbocycles. The maximum atomic E-state index is 12.3. The summed E-state index contributed by atoms with van der Waals surface area (Å²) in [7, 11) is 0. The van der Waals surface area contributed by atoms with Crippen LogP contribution in [-0.4, -0.2) is 48.2 Å². The number of halogens is 2. The van der Waals surface area contributed by atoms with Crippen LogP contribution in [0.5, 0.6) is 0 Å². The molecule has 1 aromatic carbocycles. The summed E-state index contributed by atoms with van der Waals surface area (Å²) in [4.78, 5) is 37.3. The van der Waals surface area contributed by atoms with E-state index in [9.17, 15) is 14.4 Å². The van der Waals surface area contributed by atoms with Gasteiger partial charge in [0.05, 0.1) is 10.0 Å². The number of carbonyl (C=O) groups is 3. The Bertz CT molecular complexity index is 681. The third kappa shape index (κ3) is 4.93. The van der Waals surface area contributed by atoms with Crippen molar-refractivity contribution in [3.8, 4) is 0 Å². The average molecular weight is 386 g/mol. The molecule has 1 fully saturated rings. The standard InChI is InChI=1S/C17H21Cl2N3O3/c1-10(2-3-11-4-5-13(18)14(19)8-11)21-16(24)12-9-22(7-6-20)17(25)15(12)23/h4-5,8,10,12H,2-3,6-7,9,20H2,1H3,(H,21,24). The maximum absolute atomic E-state index is 12.3. The Kier molecular flexibility index (Phi) is 6.81. The van der Waals surface area contributed by atoms with Crippen molar-refractivity contribution < 1.29 is 14.4 Å². The zero-order valence-corrected chi connectivity index (χ0v) is 15.4. The number of hydrogen-bond acceptors (Lipinski definition) is 4. The summed E-state index contributed by atoms with van der Waals surface area (Å²) in [6.45, 7) is 2.49. The molecule has 25 heavy (non-hydrogen) atoms. The summed E-state index contributed by atoms with van der Waals surface area (Å²) in [5, 5.41) is 3.79. The first-order valence-electron chi connectivity index (χ1n) is 8.11. The lowest BCUT2D eigenvalue weighted by atomic mass is 10.0. The minimum absolute atomic E-state index is 0.0974. The number of rotatable bonds is 7. The summed E-state index contributed by atoms with van der Waals surface area (Å²) in [5.74, 6) is -2.66. The Hall–Kier alpha value is -1.63. The van der Waals surface area contributed by atoms with Gasteiger partial charge in [-0.1, -0.05) is 29.3 Å². The Labute approximate surface area is 156 Å². The first-order chi connectivity index (χ1) is 11.8. The number of nitrogens with zero attached hydrogens (tertiary/aromatic N) is 1. The van der Waals surface area contributed by atoms with Gasteiger partial charge in [-0.2, -0.15) is 0 Å². The first-order valence-corrected chi connectivity index (χ1v) is 8.86. The quantitative estimate of drug-likeness (QED) is 0.548. The molecule has 2 unspecified atom stereocenters. The molecule has 1 aromatic rings. The molecule has 2 amide bonds. The monoisotopic (exact) mass is 385 g/mol. The average Bonchev–Trinajstić information content (AvgIpc) is 2.85. The van der Waals surface area contributed by atoms with Crippen LogP contribution in [0.1, 0.15) is 18.9 Å². The molecule has 0 bridgehead atoms. The summed E-state index contributed by atoms with van der Waals surface area (Å²) in [5.41, 5.74) is 6.42. The summed E-state index contributed by atoms with van der Waals surface area (Å²) in [6, 6.07) is 5.26. The molecule has 136 valence electrons. The zero-order chi connectivity index (χ0) is 18.6. The SMILES string of the molecule is CC(CCc1ccc(Cl)c(Cl)c1)NC(=O)C1CN(CCN)C(=O)C1=O. The van der Waals surface area contributed by atoms with E-state index in [4.69, 9.17) is 28.9 Å². The van der Waals surface area contributed by atoms with Gasteiger partial charge >= 0.3 is 0 Å². The van der Waals surface area contributed by atoms with Crippen LogP contribution in [0.3, 0.4) is 0 Å². The van der Waals surface area contributed by atoms with Crippen molar-refractivity contribution in [3.63, 3.8) is 0 Å². The zero-order valence-electron chi connectivity index (χ0n) is 13.9. The van der Waals surface area contributed by atoms with Crippen molar-refractivity contribution in [2.45, 2.75) is 25.8 Å². The molecule has 2 rings (SSSR count). The Balaban J connectivity index is 1.86. The number of nitrogens with one attached hydrogen (secondary N) is 1. The molecule has 0 spiro atoms. The van der Waals surface area contributed by atoms with E-state index in [1.807, 2.05) is 13.0 Å². The maximum Gasteiger partial charge on any atom is 0.290 e. The highest BCUT2D eigenvalue weighted by molar-refractivity contribution is 6.42. The van der Waals surface area contributed by atoms with Crippen molar-refractivity contribution >= 4 is 40.8 Å². The molecule has 6 nitrogen and oxygen atoms in total. The second kappa shape index (κ2) is 8.65. The van der Waals surface area contributed by atoms with Gasteiger partial charge in [0.15, 0.2) is 0 Å². The van der Waals surface area contributed by atoms with Crippen LogP contribution in [0, 0.1) is 5.92 Å². The van der Waals surface area contributed by atoms with Gasteiger partial charge in [0.25, 0.3) is 5.91 Å². The Morgan fingerprint density at radius 3 is 2.72 bits per heavy atom. The summed E-state index contributed by atoms with van der Waals surface area (Å²) < 4.78 is 0. The van der Waals surface area contributed by atoms with Crippen LogP contribution >= 0.6 is 23.2 Å². The van der Waals surface area contributed by atoms with Gasteiger partial charge in [-0.05, 0) is 37.5 Å². The highest BCUT2D eigenvalue weighted by atomic mass is 35.5. The fourth-order valence-electron chi connectivity index (χ4n) is 2.74. The number of amides is 2. The van der Waals surface area contributed by atoms with Crippen LogP contribution in [0.2, 0.25) is 10.0 Å². The number of benzene rings is 1. The van der Waals surface area contributed by atoms with Gasteiger partial charge in [0.2, 0.25) is 11.7 Å². The minimum Gasteiger partial charge on any atom is -0.353 e. The molecule has 3 N–H and O–H groups in total. The topological polar surface area (TPSA) is 92.5 Å². The van der Waals surface area contributed by atoms with Gasteiger partial charge in [0, 0.05) is 25.7 Å². The molecule has 1 aliphatic rings. The van der Waals surface area contributed by atoms with Crippen LogP contribution in [0.25, 0.3) is 0 Å². The van der Waals surface area contributed by atoms with E-state index >= 15 is 0 Å². The number of hydrogen-bond donors (Lipinski definition) is 2. The predicted octanol–water partition coefficient (Wildman–Crippen LogP) is 1.42. The van der Waals surface area contributed by atoms with Crippen molar-refractivity contribution in [2.24, 2.45) is 11.7 Å². The number of carbonyl (C=O) groups excluding carboxylic acids is 3. The van der Waals surface area contributed by atoms with Gasteiger partial charge < -0.3 is 16.0 Å². The normalized spacial score (nSPS) is 18.6. The largest absolute Gasteiger partial charge is 0.353 e. The second-order valence-electron chi connectivity index (χ2n) is 6.15. The van der Waals surface area contributed by atoms with Crippen molar-refractivity contribution in [3.05, 3.63) is 33.8 Å². The van der Waals surface area contributed by atoms with E-state index in [1.54, 1.807) is 12.1 Å². The van der Waals surface area contributed by atoms with E-state index in [1.165, 1.54) is 4.90 Å². The third-order valence-electron chi connectivity index (χ3n) is 4.17. The molecule has 0 radical (unpaired) electrons. The lowest BCUT2D eigenvalue weighted by molar-refractivity contribution is -0.142. The molecular weight excluding hydrogens is 365 g/mol. The molecule has 0 aromatic heterocycles. The minimum atomic E-state index is -0.952. The first kappa shape index (κ1) is 19.7. The molecule has 1 heterocycles.